The van der Waals surface area contributed by atoms with E-state index in [1.807, 2.05) is 19.1 Å². The van der Waals surface area contributed by atoms with Crippen molar-refractivity contribution in [1.29, 1.82) is 0 Å². The molecule has 0 aliphatic rings. The van der Waals surface area contributed by atoms with Gasteiger partial charge in [-0.25, -0.2) is 0 Å². The van der Waals surface area contributed by atoms with Gasteiger partial charge in [-0.2, -0.15) is 0 Å². The van der Waals surface area contributed by atoms with E-state index in [9.17, 15) is 0 Å². The summed E-state index contributed by atoms with van der Waals surface area (Å²) in [6, 6.07) is 5.33. The summed E-state index contributed by atoms with van der Waals surface area (Å²) in [5, 5.41) is 8.45. The molecule has 0 amide bonds. The van der Waals surface area contributed by atoms with Crippen LogP contribution in [0.3, 0.4) is 0 Å². The fraction of sp³-hybridized carbons (Fsp3) is 0.273. The van der Waals surface area contributed by atoms with Gasteiger partial charge in [0.15, 0.2) is 0 Å². The summed E-state index contributed by atoms with van der Waals surface area (Å²) in [7, 11) is 0. The van der Waals surface area contributed by atoms with Gasteiger partial charge in [-0.1, -0.05) is 11.6 Å². The third kappa shape index (κ3) is 2.23. The maximum Gasteiger partial charge on any atom is 0.247 e. The van der Waals surface area contributed by atoms with Crippen LogP contribution in [0.2, 0.25) is 5.02 Å². The molecule has 0 saturated carbocycles. The zero-order chi connectivity index (χ0) is 11.7. The molecule has 1 aromatic carbocycles. The number of rotatable bonds is 2. The van der Waals surface area contributed by atoms with Gasteiger partial charge in [0, 0.05) is 10.6 Å². The lowest BCUT2D eigenvalue weighted by molar-refractivity contribution is 0.473. The largest absolute Gasteiger partial charge is 0.419 e. The average Bonchev–Trinajstić information content (AvgIpc) is 2.64. The molecule has 0 bridgehead atoms. The van der Waals surface area contributed by atoms with Gasteiger partial charge in [0.1, 0.15) is 0 Å². The summed E-state index contributed by atoms with van der Waals surface area (Å²) in [6.07, 6.45) is 0. The minimum Gasteiger partial charge on any atom is -0.419 e. The molecule has 5 heteroatoms. The molecular weight excluding hydrogens is 226 g/mol. The minimum absolute atomic E-state index is 0.262. The standard InChI is InChI=1S/C11H12ClN3O/c1-6-3-8(5-9(12)4-6)11-15-14-10(16-11)7(2)13/h3-5,7H,13H2,1-2H3. The molecule has 1 heterocycles. The smallest absolute Gasteiger partial charge is 0.247 e. The van der Waals surface area contributed by atoms with Gasteiger partial charge in [-0.3, -0.25) is 0 Å². The summed E-state index contributed by atoms with van der Waals surface area (Å²) < 4.78 is 5.44. The summed E-state index contributed by atoms with van der Waals surface area (Å²) in [5.74, 6) is 0.866. The molecule has 2 aromatic rings. The van der Waals surface area contributed by atoms with E-state index in [4.69, 9.17) is 21.8 Å². The second-order valence-electron chi connectivity index (χ2n) is 3.75. The van der Waals surface area contributed by atoms with E-state index in [0.717, 1.165) is 11.1 Å². The van der Waals surface area contributed by atoms with Crippen molar-refractivity contribution in [3.8, 4) is 11.5 Å². The number of hydrogen-bond donors (Lipinski definition) is 1. The van der Waals surface area contributed by atoms with E-state index in [1.54, 1.807) is 13.0 Å². The Kier molecular flexibility index (Phi) is 2.94. The van der Waals surface area contributed by atoms with E-state index in [0.29, 0.717) is 16.8 Å². The van der Waals surface area contributed by atoms with Gasteiger partial charge in [0.05, 0.1) is 6.04 Å². The number of hydrogen-bond acceptors (Lipinski definition) is 4. The van der Waals surface area contributed by atoms with Crippen molar-refractivity contribution in [3.05, 3.63) is 34.7 Å². The molecule has 16 heavy (non-hydrogen) atoms. The summed E-state index contributed by atoms with van der Waals surface area (Å²) in [6.45, 7) is 3.75. The maximum absolute atomic E-state index is 5.95. The first-order chi connectivity index (χ1) is 7.56. The Bertz CT molecular complexity index is 487. The van der Waals surface area contributed by atoms with Gasteiger partial charge in [0.2, 0.25) is 11.8 Å². The Hall–Kier alpha value is -1.39. The zero-order valence-electron chi connectivity index (χ0n) is 9.07. The van der Waals surface area contributed by atoms with Gasteiger partial charge in [-0.05, 0) is 37.6 Å². The van der Waals surface area contributed by atoms with Crippen molar-refractivity contribution in [3.63, 3.8) is 0 Å². The second-order valence-corrected chi connectivity index (χ2v) is 4.19. The van der Waals surface area contributed by atoms with Crippen LogP contribution in [0.1, 0.15) is 24.4 Å². The molecule has 0 spiro atoms. The number of nitrogens with two attached hydrogens (primary N) is 1. The zero-order valence-corrected chi connectivity index (χ0v) is 9.82. The van der Waals surface area contributed by atoms with Crippen molar-refractivity contribution < 1.29 is 4.42 Å². The van der Waals surface area contributed by atoms with Crippen LogP contribution >= 0.6 is 11.6 Å². The first kappa shape index (κ1) is 11.1. The van der Waals surface area contributed by atoms with Gasteiger partial charge < -0.3 is 10.2 Å². The molecule has 84 valence electrons. The van der Waals surface area contributed by atoms with Crippen LogP contribution in [-0.4, -0.2) is 10.2 Å². The summed E-state index contributed by atoms with van der Waals surface area (Å²) in [4.78, 5) is 0. The number of benzene rings is 1. The Labute approximate surface area is 98.4 Å². The number of aromatic nitrogens is 2. The highest BCUT2D eigenvalue weighted by atomic mass is 35.5. The predicted molar refractivity (Wildman–Crippen MR) is 62.1 cm³/mol. The highest BCUT2D eigenvalue weighted by Crippen LogP contribution is 2.24. The maximum atomic E-state index is 5.95. The third-order valence-corrected chi connectivity index (χ3v) is 2.34. The molecular formula is C11H12ClN3O. The van der Waals surface area contributed by atoms with Crippen molar-refractivity contribution in [2.45, 2.75) is 19.9 Å². The Morgan fingerprint density at radius 1 is 1.31 bits per heavy atom. The first-order valence-corrected chi connectivity index (χ1v) is 5.30. The van der Waals surface area contributed by atoms with Gasteiger partial charge in [0.25, 0.3) is 0 Å². The Balaban J connectivity index is 2.42. The fourth-order valence-electron chi connectivity index (χ4n) is 1.40. The van der Waals surface area contributed by atoms with Crippen molar-refractivity contribution in [1.82, 2.24) is 10.2 Å². The lowest BCUT2D eigenvalue weighted by Gasteiger charge is -1.99. The SMILES string of the molecule is Cc1cc(Cl)cc(-c2nnc(C(C)N)o2)c1. The van der Waals surface area contributed by atoms with Crippen LogP contribution in [0, 0.1) is 6.92 Å². The lowest BCUT2D eigenvalue weighted by atomic mass is 10.1. The number of halogens is 1. The highest BCUT2D eigenvalue weighted by Gasteiger charge is 2.12. The third-order valence-electron chi connectivity index (χ3n) is 2.12. The topological polar surface area (TPSA) is 64.9 Å². The molecule has 0 fully saturated rings. The van der Waals surface area contributed by atoms with Crippen LogP contribution in [0.15, 0.2) is 22.6 Å². The molecule has 1 unspecified atom stereocenters. The normalized spacial score (nSPS) is 12.8. The minimum atomic E-state index is -0.262. The van der Waals surface area contributed by atoms with Crippen molar-refractivity contribution >= 4 is 11.6 Å². The van der Waals surface area contributed by atoms with Crippen LogP contribution < -0.4 is 5.73 Å². The molecule has 2 N–H and O–H groups in total. The van der Waals surface area contributed by atoms with Crippen LogP contribution in [0.25, 0.3) is 11.5 Å². The fourth-order valence-corrected chi connectivity index (χ4v) is 1.68. The van der Waals surface area contributed by atoms with Crippen LogP contribution in [-0.2, 0) is 0 Å². The molecule has 0 saturated heterocycles. The van der Waals surface area contributed by atoms with Gasteiger partial charge >= 0.3 is 0 Å². The van der Waals surface area contributed by atoms with E-state index >= 15 is 0 Å². The monoisotopic (exact) mass is 237 g/mol. The molecule has 1 atom stereocenters. The summed E-state index contributed by atoms with van der Waals surface area (Å²) in [5.41, 5.74) is 7.50. The van der Waals surface area contributed by atoms with Crippen LogP contribution in [0.4, 0.5) is 0 Å². The molecule has 0 aliphatic carbocycles. The molecule has 0 aliphatic heterocycles. The second kappa shape index (κ2) is 4.23. The lowest BCUT2D eigenvalue weighted by Crippen LogP contribution is -2.04. The van der Waals surface area contributed by atoms with E-state index in [2.05, 4.69) is 10.2 Å². The average molecular weight is 238 g/mol. The van der Waals surface area contributed by atoms with E-state index in [-0.39, 0.29) is 6.04 Å². The van der Waals surface area contributed by atoms with E-state index in [1.165, 1.54) is 0 Å². The Morgan fingerprint density at radius 2 is 2.06 bits per heavy atom. The Morgan fingerprint density at radius 3 is 2.62 bits per heavy atom. The first-order valence-electron chi connectivity index (χ1n) is 4.93. The highest BCUT2D eigenvalue weighted by molar-refractivity contribution is 6.30. The van der Waals surface area contributed by atoms with E-state index < -0.39 is 0 Å². The van der Waals surface area contributed by atoms with Gasteiger partial charge in [-0.15, -0.1) is 10.2 Å². The summed E-state index contributed by atoms with van der Waals surface area (Å²) >= 11 is 5.95. The molecule has 4 nitrogen and oxygen atoms in total. The van der Waals surface area contributed by atoms with Crippen LogP contribution in [0.5, 0.6) is 0 Å². The molecule has 1 aromatic heterocycles. The number of nitrogens with zero attached hydrogens (tertiary/aromatic N) is 2. The predicted octanol–water partition coefficient (Wildman–Crippen LogP) is 2.72. The van der Waals surface area contributed by atoms with Crippen molar-refractivity contribution in [2.24, 2.45) is 5.73 Å². The molecule has 0 radical (unpaired) electrons. The number of aryl methyl sites for hydroxylation is 1. The molecule has 2 rings (SSSR count). The quantitative estimate of drug-likeness (QED) is 0.872. The van der Waals surface area contributed by atoms with Crippen molar-refractivity contribution in [2.75, 3.05) is 0 Å².